The number of rotatable bonds is 3. The zero-order chi connectivity index (χ0) is 33.9. The van der Waals surface area contributed by atoms with Crippen LogP contribution in [0.4, 0.5) is 0 Å². The molecule has 0 spiro atoms. The summed E-state index contributed by atoms with van der Waals surface area (Å²) in [7, 11) is 0. The summed E-state index contributed by atoms with van der Waals surface area (Å²) in [4.78, 5) is 0. The van der Waals surface area contributed by atoms with Gasteiger partial charge in [0.1, 0.15) is 0 Å². The summed E-state index contributed by atoms with van der Waals surface area (Å²) in [5.41, 5.74) is 15.4. The third kappa shape index (κ3) is 3.83. The van der Waals surface area contributed by atoms with Crippen molar-refractivity contribution in [1.29, 1.82) is 0 Å². The van der Waals surface area contributed by atoms with Crippen molar-refractivity contribution in [2.24, 2.45) is 0 Å². The van der Waals surface area contributed by atoms with E-state index in [-0.39, 0.29) is 0 Å². The summed E-state index contributed by atoms with van der Waals surface area (Å²) in [5.74, 6) is 0. The Morgan fingerprint density at radius 2 is 0.923 bits per heavy atom. The molecule has 12 rings (SSSR count). The number of hydrogen-bond donors (Lipinski definition) is 0. The molecule has 0 amide bonds. The van der Waals surface area contributed by atoms with Gasteiger partial charge in [-0.2, -0.15) is 0 Å². The standard InChI is InChI=1S/C49H30N2S/c1-2-12-33-32(11-1)29-39-34(33)16-9-20-44(39)50-42-18-6-3-13-35(42)40-27-30(23-25-45(40)50)31-24-26-46-41(28-31)36-14-4-7-19-43(36)51(46)47-21-10-17-38-37-15-5-8-22-48(37)52-49(38)47/h1-28H,29H2. The van der Waals surface area contributed by atoms with E-state index < -0.39 is 0 Å². The fourth-order valence-electron chi connectivity index (χ4n) is 9.08. The highest BCUT2D eigenvalue weighted by atomic mass is 32.1. The van der Waals surface area contributed by atoms with Crippen LogP contribution in [-0.2, 0) is 6.42 Å². The smallest absolute Gasteiger partial charge is 0.0640 e. The zero-order valence-electron chi connectivity index (χ0n) is 28.2. The number of nitrogens with zero attached hydrogens (tertiary/aromatic N) is 2. The van der Waals surface area contributed by atoms with Crippen LogP contribution in [0.1, 0.15) is 11.1 Å². The van der Waals surface area contributed by atoms with E-state index in [0.717, 1.165) is 6.42 Å². The third-order valence-electron chi connectivity index (χ3n) is 11.4. The first-order valence-corrected chi connectivity index (χ1v) is 18.8. The van der Waals surface area contributed by atoms with Crippen LogP contribution < -0.4 is 0 Å². The van der Waals surface area contributed by atoms with Crippen molar-refractivity contribution in [3.63, 3.8) is 0 Å². The molecule has 0 aliphatic heterocycles. The lowest BCUT2D eigenvalue weighted by Crippen LogP contribution is -1.99. The van der Waals surface area contributed by atoms with E-state index in [0.29, 0.717) is 0 Å². The normalized spacial score (nSPS) is 12.5. The summed E-state index contributed by atoms with van der Waals surface area (Å²) in [6, 6.07) is 63.0. The molecule has 242 valence electrons. The Kier molecular flexibility index (Phi) is 5.74. The molecule has 0 saturated carbocycles. The van der Waals surface area contributed by atoms with Gasteiger partial charge in [-0.25, -0.2) is 0 Å². The lowest BCUT2D eigenvalue weighted by Gasteiger charge is -2.13. The first-order chi connectivity index (χ1) is 25.8. The van der Waals surface area contributed by atoms with Crippen LogP contribution in [0.15, 0.2) is 170 Å². The largest absolute Gasteiger partial charge is 0.309 e. The number of hydrogen-bond acceptors (Lipinski definition) is 1. The van der Waals surface area contributed by atoms with Gasteiger partial charge in [-0.3, -0.25) is 0 Å². The monoisotopic (exact) mass is 678 g/mol. The Hall–Kier alpha value is -6.42. The zero-order valence-corrected chi connectivity index (χ0v) is 29.0. The highest BCUT2D eigenvalue weighted by Gasteiger charge is 2.24. The molecule has 0 saturated heterocycles. The number of aromatic nitrogens is 2. The van der Waals surface area contributed by atoms with Crippen molar-refractivity contribution in [3.05, 3.63) is 181 Å². The van der Waals surface area contributed by atoms with E-state index in [1.54, 1.807) is 0 Å². The van der Waals surface area contributed by atoms with Crippen molar-refractivity contribution in [3.8, 4) is 33.6 Å². The highest BCUT2D eigenvalue weighted by molar-refractivity contribution is 7.26. The minimum absolute atomic E-state index is 0.957. The van der Waals surface area contributed by atoms with E-state index in [1.807, 2.05) is 11.3 Å². The second kappa shape index (κ2) is 10.6. The van der Waals surface area contributed by atoms with E-state index >= 15 is 0 Å². The molecule has 3 heterocycles. The number of fused-ring (bicyclic) bond motifs is 12. The van der Waals surface area contributed by atoms with Gasteiger partial charge < -0.3 is 9.13 Å². The minimum Gasteiger partial charge on any atom is -0.309 e. The summed E-state index contributed by atoms with van der Waals surface area (Å²) in [6.07, 6.45) is 0.957. The molecule has 52 heavy (non-hydrogen) atoms. The minimum atomic E-state index is 0.957. The van der Waals surface area contributed by atoms with Gasteiger partial charge in [-0.05, 0) is 88.0 Å². The SMILES string of the molecule is c1ccc2c(c1)Cc1c-2cccc1-n1c2ccccc2c2cc(-c3ccc4c(c3)c3ccccc3n4-c3cccc4c3sc3ccccc34)ccc21. The van der Waals surface area contributed by atoms with Crippen LogP contribution in [0.2, 0.25) is 0 Å². The quantitative estimate of drug-likeness (QED) is 0.176. The Balaban J connectivity index is 1.05. The van der Waals surface area contributed by atoms with Gasteiger partial charge >= 0.3 is 0 Å². The molecule has 1 aliphatic rings. The molecule has 3 heteroatoms. The van der Waals surface area contributed by atoms with Gasteiger partial charge in [0.2, 0.25) is 0 Å². The first-order valence-electron chi connectivity index (χ1n) is 18.0. The average Bonchev–Trinajstić information content (AvgIpc) is 3.95. The predicted octanol–water partition coefficient (Wildman–Crippen LogP) is 13.5. The maximum absolute atomic E-state index is 2.49. The molecule has 0 radical (unpaired) electrons. The molecule has 2 nitrogen and oxygen atoms in total. The van der Waals surface area contributed by atoms with Crippen LogP contribution in [-0.4, -0.2) is 9.13 Å². The molecule has 8 aromatic carbocycles. The fourth-order valence-corrected chi connectivity index (χ4v) is 10.3. The molecule has 0 atom stereocenters. The van der Waals surface area contributed by atoms with Crippen LogP contribution in [0.3, 0.4) is 0 Å². The summed E-state index contributed by atoms with van der Waals surface area (Å²) in [5, 5.41) is 7.74. The predicted molar refractivity (Wildman–Crippen MR) is 222 cm³/mol. The maximum Gasteiger partial charge on any atom is 0.0640 e. The molecule has 3 aromatic heterocycles. The Morgan fingerprint density at radius 3 is 1.67 bits per heavy atom. The van der Waals surface area contributed by atoms with Gasteiger partial charge in [0, 0.05) is 43.4 Å². The maximum atomic E-state index is 2.49. The van der Waals surface area contributed by atoms with Crippen molar-refractivity contribution in [1.82, 2.24) is 9.13 Å². The summed E-state index contributed by atoms with van der Waals surface area (Å²) >= 11 is 1.89. The molecule has 11 aromatic rings. The van der Waals surface area contributed by atoms with E-state index in [1.165, 1.54) is 109 Å². The van der Waals surface area contributed by atoms with E-state index in [2.05, 4.69) is 179 Å². The number of para-hydroxylation sites is 2. The van der Waals surface area contributed by atoms with Gasteiger partial charge in [0.05, 0.1) is 38.1 Å². The Labute approximate surface area is 304 Å². The first kappa shape index (κ1) is 28.3. The van der Waals surface area contributed by atoms with E-state index in [9.17, 15) is 0 Å². The van der Waals surface area contributed by atoms with Crippen molar-refractivity contribution in [2.75, 3.05) is 0 Å². The summed E-state index contributed by atoms with van der Waals surface area (Å²) in [6.45, 7) is 0. The van der Waals surface area contributed by atoms with Gasteiger partial charge in [0.15, 0.2) is 0 Å². The molecular formula is C49H30N2S. The molecule has 1 aliphatic carbocycles. The van der Waals surface area contributed by atoms with Crippen LogP contribution in [0, 0.1) is 0 Å². The van der Waals surface area contributed by atoms with Gasteiger partial charge in [-0.15, -0.1) is 11.3 Å². The number of thiophene rings is 1. The number of benzene rings is 8. The van der Waals surface area contributed by atoms with Crippen molar-refractivity contribution < 1.29 is 0 Å². The lowest BCUT2D eigenvalue weighted by molar-refractivity contribution is 1.12. The molecule has 0 fully saturated rings. The third-order valence-corrected chi connectivity index (χ3v) is 12.6. The molecule has 0 unspecified atom stereocenters. The Morgan fingerprint density at radius 1 is 0.385 bits per heavy atom. The van der Waals surface area contributed by atoms with Gasteiger partial charge in [0.25, 0.3) is 0 Å². The fraction of sp³-hybridized carbons (Fsp3) is 0.0204. The second-order valence-corrected chi connectivity index (χ2v) is 15.1. The molecule has 0 bridgehead atoms. The lowest BCUT2D eigenvalue weighted by atomic mass is 10.0. The summed E-state index contributed by atoms with van der Waals surface area (Å²) < 4.78 is 7.61. The molecular weight excluding hydrogens is 649 g/mol. The van der Waals surface area contributed by atoms with Gasteiger partial charge in [-0.1, -0.05) is 115 Å². The van der Waals surface area contributed by atoms with Crippen LogP contribution >= 0.6 is 11.3 Å². The Bertz CT molecular complexity index is 3280. The second-order valence-electron chi connectivity index (χ2n) is 14.1. The van der Waals surface area contributed by atoms with E-state index in [4.69, 9.17) is 0 Å². The average molecular weight is 679 g/mol. The van der Waals surface area contributed by atoms with Crippen molar-refractivity contribution in [2.45, 2.75) is 6.42 Å². The topological polar surface area (TPSA) is 9.86 Å². The van der Waals surface area contributed by atoms with Crippen LogP contribution in [0.25, 0.3) is 97.4 Å². The highest BCUT2D eigenvalue weighted by Crippen LogP contribution is 2.44. The van der Waals surface area contributed by atoms with Crippen molar-refractivity contribution >= 4 is 75.1 Å². The molecule has 0 N–H and O–H groups in total. The van der Waals surface area contributed by atoms with Crippen LogP contribution in [0.5, 0.6) is 0 Å².